The van der Waals surface area contributed by atoms with E-state index in [1.54, 1.807) is 24.3 Å². The molecule has 1 saturated heterocycles. The zero-order valence-corrected chi connectivity index (χ0v) is 8.93. The number of para-hydroxylation sites is 1. The van der Waals surface area contributed by atoms with Crippen LogP contribution in [0.5, 0.6) is 0 Å². The van der Waals surface area contributed by atoms with E-state index in [1.165, 1.54) is 0 Å². The molecule has 0 radical (unpaired) electrons. The van der Waals surface area contributed by atoms with Gasteiger partial charge in [0.2, 0.25) is 0 Å². The van der Waals surface area contributed by atoms with Crippen molar-refractivity contribution in [1.29, 1.82) is 0 Å². The molecule has 2 rings (SSSR count). The minimum atomic E-state index is -0.387. The summed E-state index contributed by atoms with van der Waals surface area (Å²) in [6, 6.07) is 8.04. The normalized spacial score (nSPS) is 16.9. The summed E-state index contributed by atoms with van der Waals surface area (Å²) in [6.07, 6.45) is 0.389. The number of anilines is 1. The van der Waals surface area contributed by atoms with Crippen molar-refractivity contribution in [2.24, 2.45) is 0 Å². The lowest BCUT2D eigenvalue weighted by Gasteiger charge is -2.31. The number of nitrogens with one attached hydrogen (secondary N) is 2. The highest BCUT2D eigenvalue weighted by molar-refractivity contribution is 6.15. The Kier molecular flexibility index (Phi) is 2.76. The van der Waals surface area contributed by atoms with Crippen molar-refractivity contribution in [3.63, 3.8) is 0 Å². The maximum Gasteiger partial charge on any atom is 0.331 e. The van der Waals surface area contributed by atoms with Crippen molar-refractivity contribution in [3.05, 3.63) is 30.3 Å². The number of benzene rings is 1. The molecule has 0 unspecified atom stereocenters. The van der Waals surface area contributed by atoms with Crippen LogP contribution in [0.4, 0.5) is 15.3 Å². The van der Waals surface area contributed by atoms with Crippen LogP contribution in [-0.2, 0) is 0 Å². The van der Waals surface area contributed by atoms with E-state index in [4.69, 9.17) is 0 Å². The lowest BCUT2D eigenvalue weighted by atomic mass is 10.3. The predicted molar refractivity (Wildman–Crippen MR) is 60.1 cm³/mol. The highest BCUT2D eigenvalue weighted by Crippen LogP contribution is 2.15. The highest BCUT2D eigenvalue weighted by Gasteiger charge is 2.31. The number of amides is 4. The zero-order valence-electron chi connectivity index (χ0n) is 8.93. The van der Waals surface area contributed by atoms with Gasteiger partial charge in [0.15, 0.2) is 0 Å². The van der Waals surface area contributed by atoms with Crippen LogP contribution in [0.3, 0.4) is 0 Å². The Morgan fingerprint density at radius 1 is 1.12 bits per heavy atom. The number of rotatable bonds is 2. The second-order valence-corrected chi connectivity index (χ2v) is 3.53. The lowest BCUT2D eigenvalue weighted by Crippen LogP contribution is -2.63. The van der Waals surface area contributed by atoms with Crippen molar-refractivity contribution < 1.29 is 9.59 Å². The van der Waals surface area contributed by atoms with E-state index in [9.17, 15) is 9.59 Å². The first-order valence-corrected chi connectivity index (χ1v) is 5.18. The summed E-state index contributed by atoms with van der Waals surface area (Å²) < 4.78 is 0. The number of carbonyl (C=O) groups excluding carboxylic acids is 2. The number of urea groups is 2. The van der Waals surface area contributed by atoms with E-state index in [0.717, 1.165) is 4.90 Å². The Morgan fingerprint density at radius 2 is 1.69 bits per heavy atom. The molecule has 5 heteroatoms. The molecule has 0 spiro atoms. The second kappa shape index (κ2) is 4.22. The van der Waals surface area contributed by atoms with E-state index in [1.807, 2.05) is 13.0 Å². The molecule has 1 heterocycles. The number of hydrogen-bond acceptors (Lipinski definition) is 2. The summed E-state index contributed by atoms with van der Waals surface area (Å²) in [5.74, 6) is 0. The summed E-state index contributed by atoms with van der Waals surface area (Å²) in [5.41, 5.74) is 0.562. The molecule has 84 valence electrons. The molecule has 1 aromatic rings. The third-order valence-electron chi connectivity index (χ3n) is 2.42. The first-order chi connectivity index (χ1) is 7.72. The molecular formula is C11H13N3O2. The van der Waals surface area contributed by atoms with Crippen LogP contribution in [0.2, 0.25) is 0 Å². The average molecular weight is 219 g/mol. The summed E-state index contributed by atoms with van der Waals surface area (Å²) in [4.78, 5) is 24.5. The maximum atomic E-state index is 11.7. The molecule has 1 aliphatic heterocycles. The van der Waals surface area contributed by atoms with E-state index in [-0.39, 0.29) is 18.2 Å². The molecule has 1 aliphatic rings. The van der Waals surface area contributed by atoms with Gasteiger partial charge >= 0.3 is 12.1 Å². The Bertz CT molecular complexity index is 387. The monoisotopic (exact) mass is 219 g/mol. The van der Waals surface area contributed by atoms with Gasteiger partial charge in [-0.25, -0.2) is 14.5 Å². The van der Waals surface area contributed by atoms with Gasteiger partial charge in [-0.15, -0.1) is 0 Å². The number of imide groups is 1. The zero-order chi connectivity index (χ0) is 11.5. The predicted octanol–water partition coefficient (Wildman–Crippen LogP) is 1.66. The van der Waals surface area contributed by atoms with Gasteiger partial charge in [-0.1, -0.05) is 25.1 Å². The summed E-state index contributed by atoms with van der Waals surface area (Å²) in [7, 11) is 0. The Morgan fingerprint density at radius 3 is 2.19 bits per heavy atom. The average Bonchev–Trinajstić information content (AvgIpc) is 2.29. The van der Waals surface area contributed by atoms with Gasteiger partial charge in [0, 0.05) is 0 Å². The van der Waals surface area contributed by atoms with Gasteiger partial charge < -0.3 is 10.6 Å². The van der Waals surface area contributed by atoms with Crippen LogP contribution in [0.25, 0.3) is 0 Å². The molecule has 1 fully saturated rings. The third kappa shape index (κ3) is 1.84. The molecule has 0 saturated carbocycles. The summed E-state index contributed by atoms with van der Waals surface area (Å²) in [6.45, 7) is 1.89. The van der Waals surface area contributed by atoms with Crippen LogP contribution in [0.1, 0.15) is 13.3 Å². The van der Waals surface area contributed by atoms with E-state index < -0.39 is 0 Å². The van der Waals surface area contributed by atoms with Gasteiger partial charge in [0.25, 0.3) is 0 Å². The Balaban J connectivity index is 2.23. The molecule has 16 heavy (non-hydrogen) atoms. The quantitative estimate of drug-likeness (QED) is 0.794. The molecule has 4 amide bonds. The van der Waals surface area contributed by atoms with Gasteiger partial charge in [0.1, 0.15) is 6.17 Å². The minimum absolute atomic E-state index is 0.278. The van der Waals surface area contributed by atoms with Gasteiger partial charge in [-0.05, 0) is 18.6 Å². The van der Waals surface area contributed by atoms with Crippen LogP contribution >= 0.6 is 0 Å². The molecule has 0 aliphatic carbocycles. The van der Waals surface area contributed by atoms with E-state index in [2.05, 4.69) is 10.6 Å². The molecule has 5 nitrogen and oxygen atoms in total. The smallest absolute Gasteiger partial charge is 0.317 e. The van der Waals surface area contributed by atoms with Crippen LogP contribution in [-0.4, -0.2) is 18.2 Å². The molecule has 1 aromatic carbocycles. The van der Waals surface area contributed by atoms with Crippen molar-refractivity contribution in [2.45, 2.75) is 19.5 Å². The first-order valence-electron chi connectivity index (χ1n) is 5.18. The maximum absolute atomic E-state index is 11.7. The highest BCUT2D eigenvalue weighted by atomic mass is 16.2. The van der Waals surface area contributed by atoms with Crippen LogP contribution < -0.4 is 15.5 Å². The van der Waals surface area contributed by atoms with E-state index in [0.29, 0.717) is 12.1 Å². The molecule has 2 N–H and O–H groups in total. The first kappa shape index (κ1) is 10.5. The van der Waals surface area contributed by atoms with Gasteiger partial charge in [-0.3, -0.25) is 0 Å². The molecule has 0 atom stereocenters. The number of nitrogens with zero attached hydrogens (tertiary/aromatic N) is 1. The third-order valence-corrected chi connectivity index (χ3v) is 2.42. The Labute approximate surface area is 93.4 Å². The summed E-state index contributed by atoms with van der Waals surface area (Å²) >= 11 is 0. The van der Waals surface area contributed by atoms with Crippen molar-refractivity contribution >= 4 is 17.7 Å². The van der Waals surface area contributed by atoms with Crippen molar-refractivity contribution in [3.8, 4) is 0 Å². The summed E-state index contributed by atoms with van der Waals surface area (Å²) in [5, 5.41) is 5.40. The minimum Gasteiger partial charge on any atom is -0.317 e. The Hall–Kier alpha value is -2.04. The fourth-order valence-corrected chi connectivity index (χ4v) is 1.57. The van der Waals surface area contributed by atoms with Gasteiger partial charge in [-0.2, -0.15) is 0 Å². The topological polar surface area (TPSA) is 61.4 Å². The molecule has 0 aromatic heterocycles. The molecular weight excluding hydrogens is 206 g/mol. The van der Waals surface area contributed by atoms with Crippen molar-refractivity contribution in [1.82, 2.24) is 10.6 Å². The number of carbonyl (C=O) groups is 2. The van der Waals surface area contributed by atoms with E-state index >= 15 is 0 Å². The van der Waals surface area contributed by atoms with Crippen molar-refractivity contribution in [2.75, 3.05) is 4.90 Å². The fraction of sp³-hybridized carbons (Fsp3) is 0.273. The largest absolute Gasteiger partial charge is 0.331 e. The lowest BCUT2D eigenvalue weighted by molar-refractivity contribution is 0.216. The SMILES string of the molecule is CCC1NC(=O)N(c2ccccc2)C(=O)N1. The van der Waals surface area contributed by atoms with Gasteiger partial charge in [0.05, 0.1) is 5.69 Å². The second-order valence-electron chi connectivity index (χ2n) is 3.53. The molecule has 0 bridgehead atoms. The fourth-order valence-electron chi connectivity index (χ4n) is 1.57. The number of hydrogen-bond donors (Lipinski definition) is 2. The van der Waals surface area contributed by atoms with Crippen LogP contribution in [0, 0.1) is 0 Å². The van der Waals surface area contributed by atoms with Crippen LogP contribution in [0.15, 0.2) is 30.3 Å². The standard InChI is InChI=1S/C11H13N3O2/c1-2-9-12-10(15)14(11(16)13-9)8-6-4-3-5-7-8/h3-7,9H,2H2,1H3,(H,12,15)(H,13,16).